The van der Waals surface area contributed by atoms with Crippen molar-refractivity contribution < 1.29 is 13.2 Å². The largest absolute Gasteiger partial charge is 0.368 e. The average Bonchev–Trinajstić information content (AvgIpc) is 3.24. The lowest BCUT2D eigenvalue weighted by atomic mass is 9.98. The summed E-state index contributed by atoms with van der Waals surface area (Å²) < 4.78 is 27.5. The SMILES string of the molecule is C#CCN(C)C(=N)c1ccc(CN2CCN(S(=O)(=O)C3=CC4C=C(Cl)C=CC4N3)CC2=O)cc1. The number of terminal acetylenes is 1. The van der Waals surface area contributed by atoms with E-state index in [1.807, 2.05) is 36.4 Å². The first-order valence-corrected chi connectivity index (χ1v) is 12.6. The van der Waals surface area contributed by atoms with Crippen LogP contribution in [0.5, 0.6) is 0 Å². The van der Waals surface area contributed by atoms with E-state index in [1.54, 1.807) is 29.0 Å². The first kappa shape index (κ1) is 24.1. The van der Waals surface area contributed by atoms with Crippen molar-refractivity contribution >= 4 is 33.4 Å². The van der Waals surface area contributed by atoms with Crippen molar-refractivity contribution in [2.24, 2.45) is 5.92 Å². The Labute approximate surface area is 205 Å². The number of allylic oxidation sites excluding steroid dienone is 2. The van der Waals surface area contributed by atoms with Crippen LogP contribution in [0.1, 0.15) is 11.1 Å². The summed E-state index contributed by atoms with van der Waals surface area (Å²) in [6.45, 7) is 1.03. The number of hydrogen-bond acceptors (Lipinski definition) is 5. The standard InChI is InChI=1S/C24H26ClN5O3S/c1-3-10-28(2)24(26)18-6-4-17(5-7-18)15-29-11-12-30(16-23(29)31)34(32,33)22-14-19-13-20(25)8-9-21(19)27-22/h1,4-9,13-14,19,21,26-27H,10-12,15-16H2,2H3. The van der Waals surface area contributed by atoms with E-state index in [-0.39, 0.29) is 36.0 Å². The quantitative estimate of drug-likeness (QED) is 0.352. The molecule has 1 aromatic rings. The summed E-state index contributed by atoms with van der Waals surface area (Å²) in [5.74, 6) is 2.45. The van der Waals surface area contributed by atoms with Crippen LogP contribution in [0.15, 0.2) is 58.6 Å². The number of nitrogens with one attached hydrogen (secondary N) is 2. The molecule has 1 amide bonds. The van der Waals surface area contributed by atoms with Gasteiger partial charge in [-0.2, -0.15) is 4.31 Å². The number of hydrogen-bond donors (Lipinski definition) is 2. The first-order valence-electron chi connectivity index (χ1n) is 10.8. The van der Waals surface area contributed by atoms with Crippen LogP contribution in [0.3, 0.4) is 0 Å². The second-order valence-corrected chi connectivity index (χ2v) is 10.8. The predicted molar refractivity (Wildman–Crippen MR) is 132 cm³/mol. The Kier molecular flexibility index (Phi) is 6.84. The topological polar surface area (TPSA) is 96.8 Å². The monoisotopic (exact) mass is 499 g/mol. The van der Waals surface area contributed by atoms with Crippen LogP contribution in [-0.4, -0.2) is 73.5 Å². The molecule has 2 atom stereocenters. The molecule has 0 radical (unpaired) electrons. The fourth-order valence-electron chi connectivity index (χ4n) is 4.13. The number of benzene rings is 1. The van der Waals surface area contributed by atoms with E-state index >= 15 is 0 Å². The zero-order valence-corrected chi connectivity index (χ0v) is 20.3. The summed E-state index contributed by atoms with van der Waals surface area (Å²) in [4.78, 5) is 16.1. The van der Waals surface area contributed by atoms with Crippen molar-refractivity contribution in [2.45, 2.75) is 12.6 Å². The highest BCUT2D eigenvalue weighted by Crippen LogP contribution is 2.30. The van der Waals surface area contributed by atoms with Gasteiger partial charge in [0.25, 0.3) is 10.0 Å². The molecule has 2 unspecified atom stereocenters. The molecule has 1 fully saturated rings. The summed E-state index contributed by atoms with van der Waals surface area (Å²) in [7, 11) is -2.05. The second kappa shape index (κ2) is 9.66. The van der Waals surface area contributed by atoms with Crippen molar-refractivity contribution in [1.82, 2.24) is 19.4 Å². The molecule has 34 heavy (non-hydrogen) atoms. The Balaban J connectivity index is 1.37. The van der Waals surface area contributed by atoms with Crippen molar-refractivity contribution in [3.63, 3.8) is 0 Å². The van der Waals surface area contributed by atoms with Crippen LogP contribution < -0.4 is 5.32 Å². The Hall–Kier alpha value is -3.06. The van der Waals surface area contributed by atoms with Gasteiger partial charge in [-0.15, -0.1) is 6.42 Å². The van der Waals surface area contributed by atoms with Gasteiger partial charge in [0.15, 0.2) is 0 Å². The smallest absolute Gasteiger partial charge is 0.258 e. The van der Waals surface area contributed by atoms with E-state index in [2.05, 4.69) is 11.2 Å². The van der Waals surface area contributed by atoms with Crippen molar-refractivity contribution in [3.05, 3.63) is 69.8 Å². The number of rotatable bonds is 6. The molecule has 1 aliphatic carbocycles. The molecule has 0 spiro atoms. The lowest BCUT2D eigenvalue weighted by Gasteiger charge is -2.34. The van der Waals surface area contributed by atoms with E-state index < -0.39 is 10.0 Å². The minimum Gasteiger partial charge on any atom is -0.368 e. The molecular weight excluding hydrogens is 474 g/mol. The number of carbonyl (C=O) groups excluding carboxylic acids is 1. The van der Waals surface area contributed by atoms with Gasteiger partial charge in [-0.3, -0.25) is 10.2 Å². The number of fused-ring (bicyclic) bond motifs is 1. The van der Waals surface area contributed by atoms with Gasteiger partial charge in [-0.05, 0) is 17.7 Å². The maximum absolute atomic E-state index is 13.1. The fourth-order valence-corrected chi connectivity index (χ4v) is 5.85. The molecule has 1 saturated heterocycles. The number of sulfonamides is 1. The zero-order valence-electron chi connectivity index (χ0n) is 18.7. The molecular formula is C24H26ClN5O3S. The normalized spacial score (nSPS) is 22.4. The van der Waals surface area contributed by atoms with Gasteiger partial charge < -0.3 is 15.1 Å². The average molecular weight is 500 g/mol. The van der Waals surface area contributed by atoms with Gasteiger partial charge in [0.1, 0.15) is 10.9 Å². The third-order valence-corrected chi connectivity index (χ3v) is 8.15. The lowest BCUT2D eigenvalue weighted by Crippen LogP contribution is -2.52. The second-order valence-electron chi connectivity index (χ2n) is 8.45. The molecule has 178 valence electrons. The van der Waals surface area contributed by atoms with Crippen LogP contribution in [0.25, 0.3) is 0 Å². The lowest BCUT2D eigenvalue weighted by molar-refractivity contribution is -0.134. The Morgan fingerprint density at radius 2 is 2.03 bits per heavy atom. The molecule has 8 nitrogen and oxygen atoms in total. The highest BCUT2D eigenvalue weighted by Gasteiger charge is 2.38. The van der Waals surface area contributed by atoms with Crippen LogP contribution in [0.4, 0.5) is 0 Å². The molecule has 4 rings (SSSR count). The van der Waals surface area contributed by atoms with Gasteiger partial charge in [0.2, 0.25) is 5.91 Å². The molecule has 0 aromatic heterocycles. The molecule has 3 aliphatic rings. The fraction of sp³-hybridized carbons (Fsp3) is 0.333. The summed E-state index contributed by atoms with van der Waals surface area (Å²) >= 11 is 6.03. The van der Waals surface area contributed by atoms with Gasteiger partial charge in [-0.1, -0.05) is 53.9 Å². The van der Waals surface area contributed by atoms with Crippen molar-refractivity contribution in [3.8, 4) is 12.3 Å². The highest BCUT2D eigenvalue weighted by atomic mass is 35.5. The number of nitrogens with zero attached hydrogens (tertiary/aromatic N) is 3. The zero-order chi connectivity index (χ0) is 24.5. The number of halogens is 1. The van der Waals surface area contributed by atoms with Crippen LogP contribution in [0.2, 0.25) is 0 Å². The molecule has 1 aromatic carbocycles. The van der Waals surface area contributed by atoms with Gasteiger partial charge in [-0.25, -0.2) is 8.42 Å². The van der Waals surface area contributed by atoms with Gasteiger partial charge >= 0.3 is 0 Å². The Bertz CT molecular complexity index is 1230. The predicted octanol–water partition coefficient (Wildman–Crippen LogP) is 1.67. The van der Waals surface area contributed by atoms with Crippen LogP contribution in [0, 0.1) is 23.7 Å². The van der Waals surface area contributed by atoms with Crippen molar-refractivity contribution in [2.75, 3.05) is 33.2 Å². The number of piperazine rings is 1. The molecule has 0 saturated carbocycles. The third kappa shape index (κ3) is 4.89. The molecule has 2 N–H and O–H groups in total. The number of amidine groups is 1. The van der Waals surface area contributed by atoms with E-state index in [1.165, 1.54) is 4.31 Å². The van der Waals surface area contributed by atoms with Gasteiger partial charge in [0.05, 0.1) is 19.1 Å². The Morgan fingerprint density at radius 1 is 1.29 bits per heavy atom. The van der Waals surface area contributed by atoms with E-state index in [4.69, 9.17) is 23.4 Å². The Morgan fingerprint density at radius 3 is 2.71 bits per heavy atom. The van der Waals surface area contributed by atoms with Crippen LogP contribution in [-0.2, 0) is 21.4 Å². The number of carbonyl (C=O) groups is 1. The van der Waals surface area contributed by atoms with E-state index in [0.29, 0.717) is 30.5 Å². The minimum atomic E-state index is -3.81. The minimum absolute atomic E-state index is 0.115. The summed E-state index contributed by atoms with van der Waals surface area (Å²) in [6, 6.07) is 7.22. The van der Waals surface area contributed by atoms with Crippen LogP contribution >= 0.6 is 11.6 Å². The highest BCUT2D eigenvalue weighted by molar-refractivity contribution is 7.93. The maximum Gasteiger partial charge on any atom is 0.258 e. The maximum atomic E-state index is 13.1. The third-order valence-electron chi connectivity index (χ3n) is 6.09. The van der Waals surface area contributed by atoms with Crippen molar-refractivity contribution in [1.29, 1.82) is 5.41 Å². The molecule has 2 heterocycles. The molecule has 10 heteroatoms. The van der Waals surface area contributed by atoms with Gasteiger partial charge in [0, 0.05) is 43.2 Å². The summed E-state index contributed by atoms with van der Waals surface area (Å²) in [5, 5.41) is 11.9. The van der Waals surface area contributed by atoms with E-state index in [0.717, 1.165) is 11.1 Å². The van der Waals surface area contributed by atoms with E-state index in [9.17, 15) is 13.2 Å². The summed E-state index contributed by atoms with van der Waals surface area (Å²) in [5.41, 5.74) is 1.63. The number of amides is 1. The first-order chi connectivity index (χ1) is 16.2. The summed E-state index contributed by atoms with van der Waals surface area (Å²) in [6.07, 6.45) is 12.4. The molecule has 2 aliphatic heterocycles. The molecule has 0 bridgehead atoms.